The van der Waals surface area contributed by atoms with Gasteiger partial charge in [0.05, 0.1) is 12.6 Å². The summed E-state index contributed by atoms with van der Waals surface area (Å²) in [4.78, 5) is 19.5. The Hall–Kier alpha value is -2.21. The van der Waals surface area contributed by atoms with E-state index in [9.17, 15) is 4.79 Å². The van der Waals surface area contributed by atoms with E-state index in [1.165, 1.54) is 24.0 Å². The average Bonchev–Trinajstić information content (AvgIpc) is 3.41. The van der Waals surface area contributed by atoms with Crippen LogP contribution in [0.4, 0.5) is 0 Å². The maximum absolute atomic E-state index is 12.8. The number of rotatable bonds is 6. The lowest BCUT2D eigenvalue weighted by atomic mass is 9.97. The summed E-state index contributed by atoms with van der Waals surface area (Å²) in [6, 6.07) is 8.72. The van der Waals surface area contributed by atoms with Gasteiger partial charge in [0.1, 0.15) is 5.82 Å². The van der Waals surface area contributed by atoms with E-state index in [2.05, 4.69) is 56.6 Å². The molecular formula is C21H29N5O. The quantitative estimate of drug-likeness (QED) is 0.823. The second-order valence-corrected chi connectivity index (χ2v) is 8.15. The Morgan fingerprint density at radius 1 is 1.26 bits per heavy atom. The van der Waals surface area contributed by atoms with Crippen molar-refractivity contribution in [2.45, 2.75) is 51.5 Å². The number of hydrogen-bond acceptors (Lipinski definition) is 4. The van der Waals surface area contributed by atoms with Gasteiger partial charge in [0, 0.05) is 12.5 Å². The molecule has 144 valence electrons. The van der Waals surface area contributed by atoms with Crippen LogP contribution in [0, 0.1) is 19.8 Å². The first-order valence-electron chi connectivity index (χ1n) is 10.1. The van der Waals surface area contributed by atoms with Gasteiger partial charge in [-0.3, -0.25) is 14.8 Å². The van der Waals surface area contributed by atoms with Crippen molar-refractivity contribution in [1.29, 1.82) is 0 Å². The van der Waals surface area contributed by atoms with E-state index in [0.717, 1.165) is 37.6 Å². The maximum atomic E-state index is 12.8. The smallest absolute Gasteiger partial charge is 0.234 e. The molecule has 2 atom stereocenters. The minimum atomic E-state index is 0.124. The second kappa shape index (κ2) is 7.80. The molecule has 1 aromatic carbocycles. The number of carbonyl (C=O) groups excluding carboxylic acids is 1. The van der Waals surface area contributed by atoms with Crippen molar-refractivity contribution >= 4 is 5.91 Å². The van der Waals surface area contributed by atoms with Crippen LogP contribution in [0.3, 0.4) is 0 Å². The molecule has 2 heterocycles. The summed E-state index contributed by atoms with van der Waals surface area (Å²) in [5.74, 6) is 2.76. The minimum Gasteiger partial charge on any atom is -0.348 e. The van der Waals surface area contributed by atoms with Crippen molar-refractivity contribution in [3.63, 3.8) is 0 Å². The molecule has 0 unspecified atom stereocenters. The first-order chi connectivity index (χ1) is 13.1. The Labute approximate surface area is 160 Å². The third kappa shape index (κ3) is 4.56. The lowest BCUT2D eigenvalue weighted by Crippen LogP contribution is -2.43. The zero-order valence-electron chi connectivity index (χ0n) is 16.2. The predicted octanol–water partition coefficient (Wildman–Crippen LogP) is 2.87. The van der Waals surface area contributed by atoms with E-state index >= 15 is 0 Å². The number of aromatic amines is 1. The van der Waals surface area contributed by atoms with Crippen molar-refractivity contribution in [3.8, 4) is 0 Å². The van der Waals surface area contributed by atoms with Gasteiger partial charge in [-0.25, -0.2) is 4.98 Å². The Morgan fingerprint density at radius 3 is 2.70 bits per heavy atom. The van der Waals surface area contributed by atoms with Gasteiger partial charge in [0.25, 0.3) is 0 Å². The van der Waals surface area contributed by atoms with Gasteiger partial charge in [0.15, 0.2) is 5.82 Å². The highest BCUT2D eigenvalue weighted by molar-refractivity contribution is 5.78. The normalized spacial score (nSPS) is 21.8. The van der Waals surface area contributed by atoms with Gasteiger partial charge in [-0.15, -0.1) is 0 Å². The minimum absolute atomic E-state index is 0.124. The molecule has 0 bridgehead atoms. The molecule has 4 rings (SSSR count). The fourth-order valence-electron chi connectivity index (χ4n) is 4.05. The molecule has 2 aliphatic rings. The summed E-state index contributed by atoms with van der Waals surface area (Å²) in [6.07, 6.45) is 4.57. The fourth-order valence-corrected chi connectivity index (χ4v) is 4.05. The molecular weight excluding hydrogens is 338 g/mol. The zero-order chi connectivity index (χ0) is 18.8. The summed E-state index contributed by atoms with van der Waals surface area (Å²) < 4.78 is 0. The van der Waals surface area contributed by atoms with Gasteiger partial charge in [-0.1, -0.05) is 29.8 Å². The van der Waals surface area contributed by atoms with E-state index in [1.807, 2.05) is 6.92 Å². The molecule has 2 aromatic rings. The van der Waals surface area contributed by atoms with Crippen LogP contribution in [-0.4, -0.2) is 45.6 Å². The van der Waals surface area contributed by atoms with Crippen LogP contribution >= 0.6 is 0 Å². The molecule has 0 spiro atoms. The lowest BCUT2D eigenvalue weighted by Gasteiger charge is -2.31. The second-order valence-electron chi connectivity index (χ2n) is 8.15. The summed E-state index contributed by atoms with van der Waals surface area (Å²) in [5.41, 5.74) is 2.48. The van der Waals surface area contributed by atoms with E-state index in [0.29, 0.717) is 18.4 Å². The number of H-pyrrole nitrogens is 1. The van der Waals surface area contributed by atoms with Crippen LogP contribution in [0.25, 0.3) is 0 Å². The number of carbonyl (C=O) groups is 1. The number of amides is 1. The third-order valence-electron chi connectivity index (χ3n) is 5.70. The Bertz CT molecular complexity index is 780. The highest BCUT2D eigenvalue weighted by Gasteiger charge is 2.34. The third-order valence-corrected chi connectivity index (χ3v) is 5.70. The highest BCUT2D eigenvalue weighted by atomic mass is 16.2. The average molecular weight is 367 g/mol. The number of piperidine rings is 1. The monoisotopic (exact) mass is 367 g/mol. The van der Waals surface area contributed by atoms with Crippen molar-refractivity contribution in [2.24, 2.45) is 5.92 Å². The van der Waals surface area contributed by atoms with E-state index < -0.39 is 0 Å². The van der Waals surface area contributed by atoms with Crippen molar-refractivity contribution in [3.05, 3.63) is 47.0 Å². The summed E-state index contributed by atoms with van der Waals surface area (Å²) in [5, 5.41) is 10.5. The van der Waals surface area contributed by atoms with Crippen molar-refractivity contribution in [2.75, 3.05) is 19.6 Å². The number of nitrogens with zero attached hydrogens (tertiary/aromatic N) is 3. The summed E-state index contributed by atoms with van der Waals surface area (Å²) in [6.45, 7) is 6.29. The Kier molecular flexibility index (Phi) is 5.25. The molecule has 1 saturated carbocycles. The molecule has 0 radical (unpaired) electrons. The van der Waals surface area contributed by atoms with Crippen molar-refractivity contribution in [1.82, 2.24) is 25.4 Å². The number of aromatic nitrogens is 3. The SMILES string of the molecule is Cc1ccc([C@@H](NC(=O)CN2CCC[C@@H](c3n[nH]c(C)n3)C2)C2CC2)cc1. The van der Waals surface area contributed by atoms with Gasteiger partial charge in [-0.2, -0.15) is 5.10 Å². The maximum Gasteiger partial charge on any atom is 0.234 e. The molecule has 6 heteroatoms. The van der Waals surface area contributed by atoms with Crippen LogP contribution in [0.1, 0.15) is 60.4 Å². The van der Waals surface area contributed by atoms with Crippen molar-refractivity contribution < 1.29 is 4.79 Å². The van der Waals surface area contributed by atoms with E-state index in [4.69, 9.17) is 0 Å². The molecule has 2 fully saturated rings. The standard InChI is InChI=1S/C21H29N5O/c1-14-5-7-16(8-6-14)20(17-9-10-17)23-19(27)13-26-11-3-4-18(12-26)21-22-15(2)24-25-21/h5-8,17-18,20H,3-4,9-13H2,1-2H3,(H,23,27)(H,22,24,25)/t18-,20-/m1/s1. The topological polar surface area (TPSA) is 73.9 Å². The first kappa shape index (κ1) is 18.2. The molecule has 1 aliphatic heterocycles. The number of nitrogens with one attached hydrogen (secondary N) is 2. The van der Waals surface area contributed by atoms with Gasteiger partial charge in [0.2, 0.25) is 5.91 Å². The summed E-state index contributed by atoms with van der Waals surface area (Å²) >= 11 is 0. The Balaban J connectivity index is 1.35. The molecule has 2 N–H and O–H groups in total. The van der Waals surface area contributed by atoms with Gasteiger partial charge >= 0.3 is 0 Å². The number of benzene rings is 1. The highest BCUT2D eigenvalue weighted by Crippen LogP contribution is 2.41. The number of likely N-dealkylation sites (tertiary alicyclic amines) is 1. The predicted molar refractivity (Wildman–Crippen MR) is 104 cm³/mol. The largest absolute Gasteiger partial charge is 0.348 e. The number of aryl methyl sites for hydroxylation is 2. The molecule has 1 amide bonds. The molecule has 27 heavy (non-hydrogen) atoms. The fraction of sp³-hybridized carbons (Fsp3) is 0.571. The van der Waals surface area contributed by atoms with Crippen LogP contribution in [-0.2, 0) is 4.79 Å². The van der Waals surface area contributed by atoms with Crippen LogP contribution in [0.15, 0.2) is 24.3 Å². The molecule has 1 saturated heterocycles. The van der Waals surface area contributed by atoms with E-state index in [-0.39, 0.29) is 11.9 Å². The van der Waals surface area contributed by atoms with E-state index in [1.54, 1.807) is 0 Å². The number of hydrogen-bond donors (Lipinski definition) is 2. The first-order valence-corrected chi connectivity index (χ1v) is 10.1. The molecule has 6 nitrogen and oxygen atoms in total. The molecule has 1 aliphatic carbocycles. The van der Waals surface area contributed by atoms with Crippen LogP contribution in [0.5, 0.6) is 0 Å². The van der Waals surface area contributed by atoms with Gasteiger partial charge < -0.3 is 5.32 Å². The summed E-state index contributed by atoms with van der Waals surface area (Å²) in [7, 11) is 0. The Morgan fingerprint density at radius 2 is 2.04 bits per heavy atom. The van der Waals surface area contributed by atoms with Crippen LogP contribution in [0.2, 0.25) is 0 Å². The molecule has 1 aromatic heterocycles. The zero-order valence-corrected chi connectivity index (χ0v) is 16.2. The van der Waals surface area contributed by atoms with Gasteiger partial charge in [-0.05, 0) is 57.6 Å². The van der Waals surface area contributed by atoms with Crippen LogP contribution < -0.4 is 5.32 Å². The lowest BCUT2D eigenvalue weighted by molar-refractivity contribution is -0.123.